The van der Waals surface area contributed by atoms with Gasteiger partial charge < -0.3 is 4.57 Å². The van der Waals surface area contributed by atoms with Gasteiger partial charge >= 0.3 is 0 Å². The van der Waals surface area contributed by atoms with Crippen LogP contribution in [0.2, 0.25) is 0 Å². The van der Waals surface area contributed by atoms with Crippen molar-refractivity contribution in [3.05, 3.63) is 72.6 Å². The molecule has 2 nitrogen and oxygen atoms in total. The summed E-state index contributed by atoms with van der Waals surface area (Å²) in [4.78, 5) is 4.41. The molecule has 0 amide bonds. The van der Waals surface area contributed by atoms with Gasteiger partial charge in [0.25, 0.3) is 0 Å². The first-order chi connectivity index (χ1) is 17.8. The summed E-state index contributed by atoms with van der Waals surface area (Å²) in [6.45, 7) is 14.6. The van der Waals surface area contributed by atoms with Crippen molar-refractivity contribution < 1.29 is 0 Å². The lowest BCUT2D eigenvalue weighted by Crippen LogP contribution is -2.29. The minimum atomic E-state index is 0.276. The Kier molecular flexibility index (Phi) is 8.78. The van der Waals surface area contributed by atoms with Crippen molar-refractivity contribution >= 4 is 21.8 Å². The Morgan fingerprint density at radius 1 is 0.757 bits per heavy atom. The van der Waals surface area contributed by atoms with Crippen molar-refractivity contribution in [2.24, 2.45) is 10.8 Å². The standard InChI is InChI=1S/C35H48N2/c1-7-10-14-22-34(4,5)31(25-35(6,9-3)23-11-8-2)27-17-19-28(20-18-27)37-32-16-13-12-15-29(32)30-26-36-24-21-33(30)37/h12-13,15-21,24,26,31H,7-11,14,22-23,25H2,1-6H3. The van der Waals surface area contributed by atoms with Crippen LogP contribution in [0.1, 0.15) is 111 Å². The molecule has 2 heteroatoms. The summed E-state index contributed by atoms with van der Waals surface area (Å²) in [5.41, 5.74) is 5.86. The Morgan fingerprint density at radius 3 is 2.16 bits per heavy atom. The van der Waals surface area contributed by atoms with E-state index in [2.05, 4.69) is 106 Å². The first kappa shape index (κ1) is 27.4. The number of pyridine rings is 1. The molecule has 0 aliphatic rings. The van der Waals surface area contributed by atoms with E-state index in [9.17, 15) is 0 Å². The Labute approximate surface area is 225 Å². The average molecular weight is 497 g/mol. The molecule has 0 N–H and O–H groups in total. The van der Waals surface area contributed by atoms with Crippen LogP contribution < -0.4 is 0 Å². The summed E-state index contributed by atoms with van der Waals surface area (Å²) in [6, 6.07) is 20.4. The highest BCUT2D eigenvalue weighted by Crippen LogP contribution is 2.49. The molecule has 0 aliphatic carbocycles. The zero-order chi connectivity index (χ0) is 26.5. The van der Waals surface area contributed by atoms with Crippen molar-refractivity contribution in [2.45, 2.75) is 105 Å². The summed E-state index contributed by atoms with van der Waals surface area (Å²) in [5.74, 6) is 0.558. The van der Waals surface area contributed by atoms with Crippen LogP contribution in [-0.4, -0.2) is 9.55 Å². The van der Waals surface area contributed by atoms with E-state index in [1.165, 1.54) is 90.8 Å². The highest BCUT2D eigenvalue weighted by molar-refractivity contribution is 6.08. The Morgan fingerprint density at radius 2 is 1.46 bits per heavy atom. The van der Waals surface area contributed by atoms with E-state index in [0.717, 1.165) is 0 Å². The molecule has 0 radical (unpaired) electrons. The van der Waals surface area contributed by atoms with Gasteiger partial charge in [0.1, 0.15) is 0 Å². The summed E-state index contributed by atoms with van der Waals surface area (Å²) in [5, 5.41) is 2.48. The van der Waals surface area contributed by atoms with Crippen molar-refractivity contribution in [2.75, 3.05) is 0 Å². The molecule has 2 unspecified atom stereocenters. The number of nitrogens with zero attached hydrogens (tertiary/aromatic N) is 2. The molecular formula is C35H48N2. The van der Waals surface area contributed by atoms with E-state index < -0.39 is 0 Å². The van der Waals surface area contributed by atoms with Crippen LogP contribution >= 0.6 is 0 Å². The molecule has 2 aromatic carbocycles. The average Bonchev–Trinajstić information content (AvgIpc) is 3.25. The van der Waals surface area contributed by atoms with E-state index >= 15 is 0 Å². The first-order valence-electron chi connectivity index (χ1n) is 14.8. The number of rotatable bonds is 13. The van der Waals surface area contributed by atoms with E-state index in [-0.39, 0.29) is 5.41 Å². The lowest BCUT2D eigenvalue weighted by atomic mass is 9.63. The zero-order valence-corrected chi connectivity index (χ0v) is 24.2. The third-order valence-corrected chi connectivity index (χ3v) is 9.08. The fourth-order valence-electron chi connectivity index (χ4n) is 6.32. The summed E-state index contributed by atoms with van der Waals surface area (Å²) in [7, 11) is 0. The topological polar surface area (TPSA) is 17.8 Å². The lowest BCUT2D eigenvalue weighted by molar-refractivity contribution is 0.155. The van der Waals surface area contributed by atoms with Crippen LogP contribution in [0, 0.1) is 10.8 Å². The van der Waals surface area contributed by atoms with Gasteiger partial charge in [0.05, 0.1) is 11.0 Å². The van der Waals surface area contributed by atoms with Gasteiger partial charge in [-0.3, -0.25) is 4.98 Å². The maximum atomic E-state index is 4.41. The van der Waals surface area contributed by atoms with Crippen LogP contribution in [0.4, 0.5) is 0 Å². The minimum absolute atomic E-state index is 0.276. The van der Waals surface area contributed by atoms with Crippen LogP contribution in [0.25, 0.3) is 27.5 Å². The molecule has 37 heavy (non-hydrogen) atoms. The molecule has 198 valence electrons. The molecule has 4 rings (SSSR count). The SMILES string of the molecule is CCCCCC(C)(C)C(CC(C)(CC)CCCC)c1ccc(-n2c3ccccc3c3cnccc32)cc1. The van der Waals surface area contributed by atoms with Crippen molar-refractivity contribution in [3.63, 3.8) is 0 Å². The maximum Gasteiger partial charge on any atom is 0.0571 e. The van der Waals surface area contributed by atoms with E-state index in [1.54, 1.807) is 0 Å². The van der Waals surface area contributed by atoms with E-state index in [1.807, 2.05) is 12.4 Å². The number of fused-ring (bicyclic) bond motifs is 3. The third-order valence-electron chi connectivity index (χ3n) is 9.08. The summed E-state index contributed by atoms with van der Waals surface area (Å²) < 4.78 is 2.40. The van der Waals surface area contributed by atoms with Gasteiger partial charge in [-0.2, -0.15) is 0 Å². The Bertz CT molecular complexity index is 1230. The second kappa shape index (κ2) is 11.8. The van der Waals surface area contributed by atoms with Crippen molar-refractivity contribution in [3.8, 4) is 5.69 Å². The fourth-order valence-corrected chi connectivity index (χ4v) is 6.32. The summed E-state index contributed by atoms with van der Waals surface area (Å²) >= 11 is 0. The van der Waals surface area contributed by atoms with Crippen LogP contribution in [0.5, 0.6) is 0 Å². The maximum absolute atomic E-state index is 4.41. The lowest BCUT2D eigenvalue weighted by Gasteiger charge is -2.41. The van der Waals surface area contributed by atoms with E-state index in [4.69, 9.17) is 0 Å². The molecule has 0 saturated carbocycles. The van der Waals surface area contributed by atoms with E-state index in [0.29, 0.717) is 11.3 Å². The molecule has 0 spiro atoms. The minimum Gasteiger partial charge on any atom is -0.309 e. The van der Waals surface area contributed by atoms with Gasteiger partial charge in [-0.15, -0.1) is 0 Å². The molecular weight excluding hydrogens is 448 g/mol. The Hall–Kier alpha value is -2.61. The third kappa shape index (κ3) is 5.95. The molecule has 2 aromatic heterocycles. The van der Waals surface area contributed by atoms with Gasteiger partial charge in [0, 0.05) is 28.9 Å². The smallest absolute Gasteiger partial charge is 0.0571 e. The fraction of sp³-hybridized carbons (Fsp3) is 0.514. The second-order valence-electron chi connectivity index (χ2n) is 12.3. The number of unbranched alkanes of at least 4 members (excludes halogenated alkanes) is 3. The first-order valence-corrected chi connectivity index (χ1v) is 14.8. The predicted octanol–water partition coefficient (Wildman–Crippen LogP) is 10.9. The quantitative estimate of drug-likeness (QED) is 0.168. The second-order valence-corrected chi connectivity index (χ2v) is 12.3. The predicted molar refractivity (Wildman–Crippen MR) is 162 cm³/mol. The Balaban J connectivity index is 1.73. The molecule has 2 heterocycles. The molecule has 2 atom stereocenters. The normalized spacial score (nSPS) is 14.8. The van der Waals surface area contributed by atoms with Crippen molar-refractivity contribution in [1.82, 2.24) is 9.55 Å². The van der Waals surface area contributed by atoms with Crippen LogP contribution in [0.15, 0.2) is 67.0 Å². The van der Waals surface area contributed by atoms with Gasteiger partial charge in [-0.05, 0) is 65.8 Å². The molecule has 4 aromatic rings. The van der Waals surface area contributed by atoms with Gasteiger partial charge in [-0.25, -0.2) is 0 Å². The summed E-state index contributed by atoms with van der Waals surface area (Å²) in [6.07, 6.45) is 15.6. The highest BCUT2D eigenvalue weighted by atomic mass is 15.0. The molecule has 0 aliphatic heterocycles. The monoisotopic (exact) mass is 496 g/mol. The number of hydrogen-bond donors (Lipinski definition) is 0. The molecule has 0 fully saturated rings. The van der Waals surface area contributed by atoms with Crippen LogP contribution in [-0.2, 0) is 0 Å². The van der Waals surface area contributed by atoms with Gasteiger partial charge in [0.2, 0.25) is 0 Å². The molecule has 0 bridgehead atoms. The largest absolute Gasteiger partial charge is 0.309 e. The number of benzene rings is 2. The highest BCUT2D eigenvalue weighted by Gasteiger charge is 2.36. The molecule has 0 saturated heterocycles. The number of hydrogen-bond acceptors (Lipinski definition) is 1. The zero-order valence-electron chi connectivity index (χ0n) is 24.2. The number of para-hydroxylation sites is 1. The van der Waals surface area contributed by atoms with Gasteiger partial charge in [0.15, 0.2) is 0 Å². The van der Waals surface area contributed by atoms with Crippen LogP contribution in [0.3, 0.4) is 0 Å². The number of aromatic nitrogens is 2. The van der Waals surface area contributed by atoms with Gasteiger partial charge in [-0.1, -0.05) is 110 Å². The van der Waals surface area contributed by atoms with Crippen molar-refractivity contribution in [1.29, 1.82) is 0 Å².